The molecule has 0 aromatic heterocycles. The molecule has 0 amide bonds. The number of ether oxygens (including phenoxy) is 1. The maximum atomic E-state index is 5.92. The molecule has 2 heteroatoms. The number of rotatable bonds is 3. The molecule has 1 nitrogen and oxygen atoms in total. The Morgan fingerprint density at radius 2 is 1.75 bits per heavy atom. The molecule has 16 heavy (non-hydrogen) atoms. The van der Waals surface area contributed by atoms with Gasteiger partial charge in [0.1, 0.15) is 5.75 Å². The van der Waals surface area contributed by atoms with Gasteiger partial charge in [-0.2, -0.15) is 0 Å². The van der Waals surface area contributed by atoms with Crippen LogP contribution in [0.3, 0.4) is 0 Å². The summed E-state index contributed by atoms with van der Waals surface area (Å²) in [5.74, 6) is 0.864. The highest BCUT2D eigenvalue weighted by molar-refractivity contribution is 6.30. The zero-order valence-corrected chi connectivity index (χ0v) is 9.74. The largest absolute Gasteiger partial charge is 0.497 e. The topological polar surface area (TPSA) is 9.23 Å². The second kappa shape index (κ2) is 5.04. The van der Waals surface area contributed by atoms with Crippen LogP contribution in [-0.2, 0) is 0 Å². The molecule has 0 unspecified atom stereocenters. The standard InChI is InChI=1S/C14H12ClO/c1-16-14-7-5-11(6-8-14)9-12-3-2-4-13(15)10-12/h2-10H,1H3. The lowest BCUT2D eigenvalue weighted by Gasteiger charge is -2.03. The van der Waals surface area contributed by atoms with E-state index in [1.54, 1.807) is 7.11 Å². The van der Waals surface area contributed by atoms with E-state index >= 15 is 0 Å². The minimum absolute atomic E-state index is 0.752. The molecule has 0 saturated heterocycles. The number of halogens is 1. The molecule has 0 saturated carbocycles. The molecule has 0 spiro atoms. The van der Waals surface area contributed by atoms with Gasteiger partial charge in [-0.05, 0) is 35.4 Å². The molecule has 0 atom stereocenters. The molecular formula is C14H12ClO. The fourth-order valence-electron chi connectivity index (χ4n) is 1.49. The van der Waals surface area contributed by atoms with Gasteiger partial charge in [-0.3, -0.25) is 0 Å². The Hall–Kier alpha value is -1.47. The summed E-state index contributed by atoms with van der Waals surface area (Å²) in [6.07, 6.45) is 2.07. The summed E-state index contributed by atoms with van der Waals surface area (Å²) in [6, 6.07) is 15.7. The van der Waals surface area contributed by atoms with Crippen LogP contribution in [0.1, 0.15) is 11.1 Å². The van der Waals surface area contributed by atoms with Crippen LogP contribution in [0, 0.1) is 6.42 Å². The van der Waals surface area contributed by atoms with Crippen LogP contribution in [0.25, 0.3) is 0 Å². The monoisotopic (exact) mass is 231 g/mol. The molecule has 0 heterocycles. The molecule has 0 aliphatic heterocycles. The van der Waals surface area contributed by atoms with Crippen molar-refractivity contribution in [2.24, 2.45) is 0 Å². The number of benzene rings is 2. The van der Waals surface area contributed by atoms with Gasteiger partial charge in [0.2, 0.25) is 0 Å². The normalized spacial score (nSPS) is 10.1. The Balaban J connectivity index is 2.14. The zero-order valence-electron chi connectivity index (χ0n) is 8.98. The van der Waals surface area contributed by atoms with Crippen molar-refractivity contribution < 1.29 is 4.74 Å². The van der Waals surface area contributed by atoms with Gasteiger partial charge in [0.05, 0.1) is 7.11 Å². The van der Waals surface area contributed by atoms with E-state index in [9.17, 15) is 0 Å². The van der Waals surface area contributed by atoms with E-state index in [1.807, 2.05) is 48.5 Å². The molecule has 2 aromatic carbocycles. The van der Waals surface area contributed by atoms with Crippen LogP contribution in [0.5, 0.6) is 5.75 Å². The van der Waals surface area contributed by atoms with Crippen LogP contribution < -0.4 is 4.74 Å². The van der Waals surface area contributed by atoms with E-state index in [2.05, 4.69) is 6.42 Å². The third kappa shape index (κ3) is 2.77. The second-order valence-corrected chi connectivity index (χ2v) is 3.91. The lowest BCUT2D eigenvalue weighted by molar-refractivity contribution is 0.414. The van der Waals surface area contributed by atoms with Crippen LogP contribution in [-0.4, -0.2) is 7.11 Å². The molecule has 0 aliphatic carbocycles. The minimum atomic E-state index is 0.752. The maximum Gasteiger partial charge on any atom is 0.118 e. The average Bonchev–Trinajstić information content (AvgIpc) is 2.30. The predicted molar refractivity (Wildman–Crippen MR) is 67.0 cm³/mol. The van der Waals surface area contributed by atoms with Crippen molar-refractivity contribution in [2.45, 2.75) is 0 Å². The smallest absolute Gasteiger partial charge is 0.118 e. The highest BCUT2D eigenvalue weighted by Gasteiger charge is 1.98. The molecular weight excluding hydrogens is 220 g/mol. The number of methoxy groups -OCH3 is 1. The summed E-state index contributed by atoms with van der Waals surface area (Å²) >= 11 is 5.92. The van der Waals surface area contributed by atoms with Gasteiger partial charge in [0.25, 0.3) is 0 Å². The van der Waals surface area contributed by atoms with E-state index in [0.717, 1.165) is 21.9 Å². The maximum absolute atomic E-state index is 5.92. The fraction of sp³-hybridized carbons (Fsp3) is 0.0714. The first-order chi connectivity index (χ1) is 7.78. The Labute approximate surface area is 101 Å². The Bertz CT molecular complexity index is 462. The first-order valence-electron chi connectivity index (χ1n) is 5.02. The highest BCUT2D eigenvalue weighted by atomic mass is 35.5. The summed E-state index contributed by atoms with van der Waals surface area (Å²) in [6.45, 7) is 0. The number of hydrogen-bond acceptors (Lipinski definition) is 1. The van der Waals surface area contributed by atoms with Crippen LogP contribution in [0.4, 0.5) is 0 Å². The van der Waals surface area contributed by atoms with E-state index in [1.165, 1.54) is 0 Å². The van der Waals surface area contributed by atoms with E-state index < -0.39 is 0 Å². The lowest BCUT2D eigenvalue weighted by Crippen LogP contribution is -1.86. The summed E-state index contributed by atoms with van der Waals surface area (Å²) in [5.41, 5.74) is 2.22. The second-order valence-electron chi connectivity index (χ2n) is 3.47. The molecule has 0 aliphatic rings. The molecule has 0 fully saturated rings. The van der Waals surface area contributed by atoms with Crippen molar-refractivity contribution in [3.63, 3.8) is 0 Å². The predicted octanol–water partition coefficient (Wildman–Crippen LogP) is 3.95. The van der Waals surface area contributed by atoms with Crippen LogP contribution in [0.2, 0.25) is 5.02 Å². The Morgan fingerprint density at radius 1 is 1.00 bits per heavy atom. The first-order valence-corrected chi connectivity index (χ1v) is 5.40. The van der Waals surface area contributed by atoms with Gasteiger partial charge in [-0.25, -0.2) is 0 Å². The van der Waals surface area contributed by atoms with Gasteiger partial charge < -0.3 is 4.74 Å². The van der Waals surface area contributed by atoms with Crippen molar-refractivity contribution in [2.75, 3.05) is 7.11 Å². The highest BCUT2D eigenvalue weighted by Crippen LogP contribution is 2.18. The van der Waals surface area contributed by atoms with E-state index in [-0.39, 0.29) is 0 Å². The van der Waals surface area contributed by atoms with Gasteiger partial charge in [0, 0.05) is 11.4 Å². The van der Waals surface area contributed by atoms with Crippen molar-refractivity contribution in [3.8, 4) is 5.75 Å². The van der Waals surface area contributed by atoms with Gasteiger partial charge in [-0.1, -0.05) is 35.9 Å². The number of hydrogen-bond donors (Lipinski definition) is 0. The van der Waals surface area contributed by atoms with Crippen molar-refractivity contribution >= 4 is 11.6 Å². The average molecular weight is 232 g/mol. The minimum Gasteiger partial charge on any atom is -0.497 e. The van der Waals surface area contributed by atoms with Gasteiger partial charge in [-0.15, -0.1) is 0 Å². The fourth-order valence-corrected chi connectivity index (χ4v) is 1.69. The van der Waals surface area contributed by atoms with E-state index in [4.69, 9.17) is 16.3 Å². The van der Waals surface area contributed by atoms with Crippen LogP contribution in [0.15, 0.2) is 48.5 Å². The molecule has 1 radical (unpaired) electrons. The summed E-state index contributed by atoms with van der Waals surface area (Å²) < 4.78 is 5.10. The quantitative estimate of drug-likeness (QED) is 0.777. The third-order valence-electron chi connectivity index (χ3n) is 2.30. The summed E-state index contributed by atoms with van der Waals surface area (Å²) in [5, 5.41) is 0.752. The van der Waals surface area contributed by atoms with Gasteiger partial charge in [0.15, 0.2) is 0 Å². The summed E-state index contributed by atoms with van der Waals surface area (Å²) in [4.78, 5) is 0. The first kappa shape index (κ1) is 11.0. The Morgan fingerprint density at radius 3 is 2.38 bits per heavy atom. The third-order valence-corrected chi connectivity index (χ3v) is 2.53. The van der Waals surface area contributed by atoms with Crippen molar-refractivity contribution in [1.82, 2.24) is 0 Å². The van der Waals surface area contributed by atoms with Crippen LogP contribution >= 0.6 is 11.6 Å². The Kier molecular flexibility index (Phi) is 3.47. The molecule has 0 bridgehead atoms. The van der Waals surface area contributed by atoms with Crippen molar-refractivity contribution in [1.29, 1.82) is 0 Å². The zero-order chi connectivity index (χ0) is 11.4. The van der Waals surface area contributed by atoms with Crippen molar-refractivity contribution in [3.05, 3.63) is 71.1 Å². The van der Waals surface area contributed by atoms with Gasteiger partial charge >= 0.3 is 0 Å². The molecule has 81 valence electrons. The lowest BCUT2D eigenvalue weighted by atomic mass is 10.1. The molecule has 2 aromatic rings. The summed E-state index contributed by atoms with van der Waals surface area (Å²) in [7, 11) is 1.66. The SMILES string of the molecule is COc1ccc([CH]c2cccc(Cl)c2)cc1. The molecule has 0 N–H and O–H groups in total. The van der Waals surface area contributed by atoms with E-state index in [0.29, 0.717) is 0 Å². The molecule has 2 rings (SSSR count).